The Balaban J connectivity index is 1.34. The molecule has 1 aromatic heterocycles. The summed E-state index contributed by atoms with van der Waals surface area (Å²) in [4.78, 5) is 8.99. The van der Waals surface area contributed by atoms with Crippen molar-refractivity contribution in [1.29, 1.82) is 0 Å². The number of allylic oxidation sites excluding steroid dienone is 1. The molecule has 0 aliphatic carbocycles. The predicted octanol–water partition coefficient (Wildman–Crippen LogP) is 5.59. The topological polar surface area (TPSA) is 86.7 Å². The predicted molar refractivity (Wildman–Crippen MR) is 150 cm³/mol. The molecule has 40 heavy (non-hydrogen) atoms. The Morgan fingerprint density at radius 2 is 1.95 bits per heavy atom. The van der Waals surface area contributed by atoms with Crippen molar-refractivity contribution < 1.29 is 17.9 Å². The molecule has 0 unspecified atom stereocenters. The zero-order valence-electron chi connectivity index (χ0n) is 21.3. The highest BCUT2D eigenvalue weighted by atomic mass is 32.2. The number of hydrazone groups is 1. The minimum Gasteiger partial charge on any atom is -0.381 e. The number of hydrogen-bond acceptors (Lipinski definition) is 9. The largest absolute Gasteiger partial charge is 0.381 e. The quantitative estimate of drug-likeness (QED) is 0.334. The molecule has 0 saturated carbocycles. The zero-order valence-corrected chi connectivity index (χ0v) is 22.1. The van der Waals surface area contributed by atoms with Crippen LogP contribution in [-0.2, 0) is 4.74 Å². The maximum Gasteiger partial charge on any atom is 0.156 e. The van der Waals surface area contributed by atoms with Gasteiger partial charge < -0.3 is 14.8 Å². The van der Waals surface area contributed by atoms with Gasteiger partial charge in [0.25, 0.3) is 0 Å². The number of aromatic nitrogens is 2. The van der Waals surface area contributed by atoms with Crippen molar-refractivity contribution in [3.8, 4) is 0 Å². The van der Waals surface area contributed by atoms with Gasteiger partial charge in [0.2, 0.25) is 0 Å². The highest BCUT2D eigenvalue weighted by molar-refractivity contribution is 8.00. The number of benzene rings is 2. The number of anilines is 2. The summed E-state index contributed by atoms with van der Waals surface area (Å²) in [6.45, 7) is 1.96. The fourth-order valence-electron chi connectivity index (χ4n) is 4.81. The van der Waals surface area contributed by atoms with E-state index in [0.29, 0.717) is 25.5 Å². The fraction of sp³-hybridized carbons (Fsp3) is 0.250. The second-order valence-corrected chi connectivity index (χ2v) is 10.3. The average molecular weight is 566 g/mol. The molecular weight excluding hydrogens is 539 g/mol. The van der Waals surface area contributed by atoms with Gasteiger partial charge in [-0.25, -0.2) is 28.7 Å². The van der Waals surface area contributed by atoms with Gasteiger partial charge in [-0.05, 0) is 55.1 Å². The molecule has 0 atom stereocenters. The second-order valence-electron chi connectivity index (χ2n) is 9.45. The van der Waals surface area contributed by atoms with Gasteiger partial charge >= 0.3 is 0 Å². The third-order valence-corrected chi connectivity index (χ3v) is 7.73. The van der Waals surface area contributed by atoms with Gasteiger partial charge in [0, 0.05) is 49.1 Å². The van der Waals surface area contributed by atoms with Crippen LogP contribution in [0.15, 0.2) is 65.0 Å². The molecule has 3 aliphatic heterocycles. The van der Waals surface area contributed by atoms with Crippen molar-refractivity contribution in [3.05, 3.63) is 89.3 Å². The van der Waals surface area contributed by atoms with Crippen LogP contribution in [0.1, 0.15) is 36.1 Å². The van der Waals surface area contributed by atoms with Crippen LogP contribution in [0.5, 0.6) is 0 Å². The standard InChI is InChI=1S/C28H26F3N7OS/c29-18-6-7-22(30)25(14-18)40-36-23-5-1-3-20(26(23)31)24-13-17(15-38(37-35-24)19-8-11-39-12-9-19)27-21-4-2-10-32-28(21)34-16-33-27/h1-7,14-16,19,36-37H,8-13H2,(H,32,33,34). The van der Waals surface area contributed by atoms with Gasteiger partial charge in [-0.3, -0.25) is 5.01 Å². The summed E-state index contributed by atoms with van der Waals surface area (Å²) in [6, 6.07) is 8.13. The van der Waals surface area contributed by atoms with Gasteiger partial charge in [0.1, 0.15) is 23.8 Å². The number of ether oxygens (including phenoxy) is 1. The Kier molecular flexibility index (Phi) is 7.60. The van der Waals surface area contributed by atoms with Crippen LogP contribution in [0.25, 0.3) is 11.6 Å². The van der Waals surface area contributed by atoms with E-state index in [4.69, 9.17) is 4.74 Å². The summed E-state index contributed by atoms with van der Waals surface area (Å²) < 4.78 is 52.0. The Morgan fingerprint density at radius 1 is 1.07 bits per heavy atom. The fourth-order valence-corrected chi connectivity index (χ4v) is 5.53. The molecule has 12 heteroatoms. The van der Waals surface area contributed by atoms with Crippen molar-refractivity contribution in [1.82, 2.24) is 20.5 Å². The second kappa shape index (κ2) is 11.6. The van der Waals surface area contributed by atoms with Crippen LogP contribution in [0.3, 0.4) is 0 Å². The van der Waals surface area contributed by atoms with Crippen molar-refractivity contribution in [3.63, 3.8) is 0 Å². The molecule has 3 aliphatic rings. The van der Waals surface area contributed by atoms with Crippen LogP contribution in [0.2, 0.25) is 0 Å². The van der Waals surface area contributed by atoms with E-state index in [2.05, 4.69) is 30.6 Å². The van der Waals surface area contributed by atoms with Gasteiger partial charge in [-0.1, -0.05) is 18.2 Å². The first-order chi connectivity index (χ1) is 19.6. The minimum atomic E-state index is -0.604. The van der Waals surface area contributed by atoms with Crippen LogP contribution in [0, 0.1) is 17.5 Å². The van der Waals surface area contributed by atoms with Gasteiger partial charge in [-0.15, -0.1) is 0 Å². The number of rotatable bonds is 6. The molecule has 0 amide bonds. The average Bonchev–Trinajstić information content (AvgIpc) is 3.22. The Morgan fingerprint density at radius 3 is 2.83 bits per heavy atom. The van der Waals surface area contributed by atoms with E-state index in [1.54, 1.807) is 12.1 Å². The molecule has 2 aromatic carbocycles. The third kappa shape index (κ3) is 5.50. The van der Waals surface area contributed by atoms with Crippen molar-refractivity contribution in [2.24, 2.45) is 5.10 Å². The lowest BCUT2D eigenvalue weighted by Gasteiger charge is -2.32. The third-order valence-electron chi connectivity index (χ3n) is 6.87. The molecule has 1 fully saturated rings. The van der Waals surface area contributed by atoms with E-state index in [0.717, 1.165) is 65.6 Å². The number of hydrazine groups is 1. The summed E-state index contributed by atoms with van der Waals surface area (Å²) in [7, 11) is 0. The van der Waals surface area contributed by atoms with Gasteiger partial charge in [0.05, 0.1) is 28.0 Å². The Hall–Kier alpha value is -4.03. The van der Waals surface area contributed by atoms with Crippen LogP contribution >= 0.6 is 11.9 Å². The molecule has 206 valence electrons. The van der Waals surface area contributed by atoms with Gasteiger partial charge in [0.15, 0.2) is 5.82 Å². The van der Waals surface area contributed by atoms with E-state index >= 15 is 4.39 Å². The molecule has 4 heterocycles. The van der Waals surface area contributed by atoms with Crippen LogP contribution in [-0.4, -0.2) is 46.5 Å². The van der Waals surface area contributed by atoms with Crippen molar-refractivity contribution >= 4 is 40.8 Å². The molecule has 0 radical (unpaired) electrons. The number of halogens is 3. The summed E-state index contributed by atoms with van der Waals surface area (Å²) in [6.07, 6.45) is 9.41. The first kappa shape index (κ1) is 26.2. The number of hydrogen-bond donors (Lipinski definition) is 3. The van der Waals surface area contributed by atoms with E-state index in [1.165, 1.54) is 12.4 Å². The lowest BCUT2D eigenvalue weighted by atomic mass is 9.96. The van der Waals surface area contributed by atoms with Crippen LogP contribution in [0.4, 0.5) is 24.7 Å². The number of nitrogens with one attached hydrogen (secondary N) is 3. The lowest BCUT2D eigenvalue weighted by molar-refractivity contribution is 0.0351. The number of fused-ring (bicyclic) bond motifs is 1. The monoisotopic (exact) mass is 565 g/mol. The summed E-state index contributed by atoms with van der Waals surface area (Å²) in [5, 5.41) is 9.83. The molecule has 1 saturated heterocycles. The molecule has 0 bridgehead atoms. The smallest absolute Gasteiger partial charge is 0.156 e. The van der Waals surface area contributed by atoms with Crippen molar-refractivity contribution in [2.75, 3.05) is 29.8 Å². The van der Waals surface area contributed by atoms with E-state index in [1.807, 2.05) is 23.4 Å². The summed E-state index contributed by atoms with van der Waals surface area (Å²) >= 11 is 0.797. The summed E-state index contributed by atoms with van der Waals surface area (Å²) in [5.41, 5.74) is 6.42. The maximum atomic E-state index is 15.9. The lowest BCUT2D eigenvalue weighted by Crippen LogP contribution is -2.42. The van der Waals surface area contributed by atoms with E-state index in [9.17, 15) is 8.78 Å². The maximum absolute atomic E-state index is 15.9. The van der Waals surface area contributed by atoms with Gasteiger partial charge in [-0.2, -0.15) is 5.10 Å². The summed E-state index contributed by atoms with van der Waals surface area (Å²) in [5.74, 6) is -1.00. The minimum absolute atomic E-state index is 0.0193. The highest BCUT2D eigenvalue weighted by Crippen LogP contribution is 2.33. The molecule has 0 spiro atoms. The molecular formula is C28H26F3N7OS. The SMILES string of the molecule is Fc1ccc(F)c(SNc2cccc(C3=NNN(C4CCOCC4)C=C(c4ncnc5c4C=CCN5)C3)c2F)c1. The van der Waals surface area contributed by atoms with E-state index < -0.39 is 17.5 Å². The first-order valence-electron chi connectivity index (χ1n) is 12.9. The molecule has 3 N–H and O–H groups in total. The Bertz CT molecular complexity index is 1510. The van der Waals surface area contributed by atoms with Crippen LogP contribution < -0.4 is 15.6 Å². The normalized spacial score (nSPS) is 17.2. The first-order valence-corrected chi connectivity index (χ1v) is 13.7. The molecule has 6 rings (SSSR count). The molecule has 8 nitrogen and oxygen atoms in total. The highest BCUT2D eigenvalue weighted by Gasteiger charge is 2.26. The van der Waals surface area contributed by atoms with Crippen molar-refractivity contribution in [2.45, 2.75) is 30.2 Å². The molecule has 3 aromatic rings. The number of nitrogens with zero attached hydrogens (tertiary/aromatic N) is 4. The Labute approximate surface area is 233 Å². The van der Waals surface area contributed by atoms with E-state index in [-0.39, 0.29) is 28.6 Å². The zero-order chi connectivity index (χ0) is 27.5.